The molecule has 16 heteroatoms. The predicted molar refractivity (Wildman–Crippen MR) is 158 cm³/mol. The number of aliphatic carboxylic acids is 1. The number of nitriles is 1. The lowest BCUT2D eigenvalue weighted by Gasteiger charge is -2.29. The minimum Gasteiger partial charge on any atom is -0.475 e. The number of carboxylic acid groups (broad SMARTS) is 1. The van der Waals surface area contributed by atoms with Crippen molar-refractivity contribution >= 4 is 45.4 Å². The van der Waals surface area contributed by atoms with Crippen LogP contribution in [-0.4, -0.2) is 57.1 Å². The second kappa shape index (κ2) is 14.9. The van der Waals surface area contributed by atoms with Crippen molar-refractivity contribution in [2.24, 2.45) is 13.0 Å². The van der Waals surface area contributed by atoms with Gasteiger partial charge in [-0.25, -0.2) is 4.79 Å². The van der Waals surface area contributed by atoms with Gasteiger partial charge in [-0.15, -0.1) is 11.6 Å². The summed E-state index contributed by atoms with van der Waals surface area (Å²) in [5, 5.41) is 27.1. The van der Waals surface area contributed by atoms with Crippen LogP contribution in [0.5, 0.6) is 0 Å². The van der Waals surface area contributed by atoms with Crippen LogP contribution in [0.2, 0.25) is 0 Å². The summed E-state index contributed by atoms with van der Waals surface area (Å²) < 4.78 is 82.4. The minimum atomic E-state index is -5.08. The highest BCUT2D eigenvalue weighted by atomic mass is 35.5. The Kier molecular flexibility index (Phi) is 11.7. The Bertz CT molecular complexity index is 1710. The normalized spacial score (nSPS) is 14.0. The van der Waals surface area contributed by atoms with Gasteiger partial charge in [0.2, 0.25) is 5.91 Å². The van der Waals surface area contributed by atoms with Crippen LogP contribution in [0, 0.1) is 17.2 Å². The molecule has 4 rings (SSSR count). The van der Waals surface area contributed by atoms with E-state index in [0.29, 0.717) is 16.6 Å². The molecule has 9 nitrogen and oxygen atoms in total. The molecule has 2 aromatic heterocycles. The van der Waals surface area contributed by atoms with Crippen LogP contribution >= 0.6 is 11.6 Å². The van der Waals surface area contributed by atoms with Crippen LogP contribution in [0.15, 0.2) is 53.2 Å². The van der Waals surface area contributed by atoms with Crippen molar-refractivity contribution in [1.29, 1.82) is 5.26 Å². The number of amides is 1. The molecule has 3 atom stereocenters. The molecule has 0 bridgehead atoms. The number of hydrogen-bond acceptors (Lipinski definition) is 6. The number of carbonyl (C=O) groups is 2. The van der Waals surface area contributed by atoms with E-state index >= 15 is 0 Å². The van der Waals surface area contributed by atoms with Crippen LogP contribution in [0.3, 0.4) is 0 Å². The standard InChI is InChI=1S/C28H29ClF3N5O2.C2HF3O2/c1-16(2)10-23(27(38)35-20(13-33)8-9-29)36-26(28(30,31)32)18-4-6-21-22-11-17(19-14-34-37(3)15-19)5-7-24(22)39-25(21)12-18;3-2(4,5)1(6)7/h4-7,11-12,14-16,20,23,26,36H,8-10H2,1-3H3,(H,35,38);(H,6,7)/t20?,23-,26-;/m0./s1. The summed E-state index contributed by atoms with van der Waals surface area (Å²) in [6.45, 7) is 3.62. The van der Waals surface area contributed by atoms with Crippen LogP contribution in [0.1, 0.15) is 38.3 Å². The van der Waals surface area contributed by atoms with Gasteiger partial charge in [0, 0.05) is 35.5 Å². The number of halogens is 7. The highest BCUT2D eigenvalue weighted by Gasteiger charge is 2.43. The van der Waals surface area contributed by atoms with Crippen molar-refractivity contribution in [1.82, 2.24) is 20.4 Å². The Hall–Kier alpha value is -4.29. The number of nitrogens with zero attached hydrogens (tertiary/aromatic N) is 3. The van der Waals surface area contributed by atoms with Gasteiger partial charge in [-0.2, -0.15) is 36.7 Å². The fraction of sp³-hybridized carbons (Fsp3) is 0.400. The van der Waals surface area contributed by atoms with Gasteiger partial charge >= 0.3 is 18.3 Å². The van der Waals surface area contributed by atoms with E-state index < -0.39 is 42.4 Å². The van der Waals surface area contributed by atoms with Crippen LogP contribution in [0.25, 0.3) is 33.1 Å². The van der Waals surface area contributed by atoms with Gasteiger partial charge in [-0.1, -0.05) is 32.0 Å². The number of rotatable bonds is 10. The number of furan rings is 1. The summed E-state index contributed by atoms with van der Waals surface area (Å²) in [6.07, 6.45) is -5.85. The molecule has 1 unspecified atom stereocenters. The van der Waals surface area contributed by atoms with Gasteiger partial charge in [0.1, 0.15) is 23.2 Å². The van der Waals surface area contributed by atoms with E-state index in [4.69, 9.17) is 25.9 Å². The van der Waals surface area contributed by atoms with E-state index in [-0.39, 0.29) is 30.2 Å². The van der Waals surface area contributed by atoms with Gasteiger partial charge in [0.15, 0.2) is 0 Å². The summed E-state index contributed by atoms with van der Waals surface area (Å²) in [7, 11) is 1.82. The fourth-order valence-corrected chi connectivity index (χ4v) is 4.79. The zero-order valence-corrected chi connectivity index (χ0v) is 25.5. The number of alkyl halides is 7. The van der Waals surface area contributed by atoms with Gasteiger partial charge < -0.3 is 14.8 Å². The maximum atomic E-state index is 14.4. The van der Waals surface area contributed by atoms with Gasteiger partial charge in [-0.05, 0) is 48.1 Å². The Labute approximate surface area is 264 Å². The SMILES string of the molecule is CC(C)C[C@H](N[C@@H](c1ccc2c(c1)oc1ccc(-c3cnn(C)c3)cc12)C(F)(F)F)C(=O)NC(C#N)CCCl.O=C(O)C(F)(F)F. The second-order valence-corrected chi connectivity index (χ2v) is 11.1. The van der Waals surface area contributed by atoms with E-state index in [9.17, 15) is 36.4 Å². The van der Waals surface area contributed by atoms with E-state index in [1.807, 2.05) is 45.3 Å². The predicted octanol–water partition coefficient (Wildman–Crippen LogP) is 6.86. The first-order valence-corrected chi connectivity index (χ1v) is 14.3. The topological polar surface area (TPSA) is 133 Å². The Morgan fingerprint density at radius 3 is 2.26 bits per heavy atom. The lowest BCUT2D eigenvalue weighted by Crippen LogP contribution is -2.51. The molecule has 46 heavy (non-hydrogen) atoms. The third-order valence-corrected chi connectivity index (χ3v) is 6.92. The molecule has 0 aliphatic rings. The summed E-state index contributed by atoms with van der Waals surface area (Å²) in [6, 6.07) is 7.66. The highest BCUT2D eigenvalue weighted by Crippen LogP contribution is 2.38. The van der Waals surface area contributed by atoms with E-state index in [1.54, 1.807) is 23.0 Å². The number of benzene rings is 2. The number of carbonyl (C=O) groups excluding carboxylic acids is 1. The van der Waals surface area contributed by atoms with Crippen LogP contribution in [-0.2, 0) is 16.6 Å². The van der Waals surface area contributed by atoms with E-state index in [1.165, 1.54) is 12.1 Å². The molecule has 0 fully saturated rings. The summed E-state index contributed by atoms with van der Waals surface area (Å²) in [5.74, 6) is -3.38. The maximum Gasteiger partial charge on any atom is 0.490 e. The van der Waals surface area contributed by atoms with Crippen molar-refractivity contribution < 1.29 is 45.5 Å². The molecular weight excluding hydrogens is 644 g/mol. The first-order chi connectivity index (χ1) is 21.4. The average Bonchev–Trinajstić information content (AvgIpc) is 3.56. The molecule has 0 spiro atoms. The summed E-state index contributed by atoms with van der Waals surface area (Å²) in [4.78, 5) is 21.8. The van der Waals surface area contributed by atoms with Gasteiger partial charge in [0.25, 0.3) is 0 Å². The maximum absolute atomic E-state index is 14.4. The van der Waals surface area contributed by atoms with Crippen molar-refractivity contribution in [2.45, 2.75) is 57.2 Å². The first kappa shape index (κ1) is 36.2. The smallest absolute Gasteiger partial charge is 0.475 e. The van der Waals surface area contributed by atoms with Gasteiger partial charge in [0.05, 0.1) is 18.3 Å². The Balaban J connectivity index is 0.000000738. The molecule has 0 aliphatic heterocycles. The zero-order valence-electron chi connectivity index (χ0n) is 24.7. The van der Waals surface area contributed by atoms with Crippen molar-refractivity contribution in [3.05, 3.63) is 54.4 Å². The molecule has 0 saturated heterocycles. The molecule has 3 N–H and O–H groups in total. The quantitative estimate of drug-likeness (QED) is 0.124. The van der Waals surface area contributed by atoms with Crippen molar-refractivity contribution in [2.75, 3.05) is 5.88 Å². The molecule has 0 saturated carbocycles. The largest absolute Gasteiger partial charge is 0.490 e. The van der Waals surface area contributed by atoms with Crippen LogP contribution in [0.4, 0.5) is 26.3 Å². The number of carboxylic acids is 1. The number of aromatic nitrogens is 2. The third-order valence-electron chi connectivity index (χ3n) is 6.70. The molecular formula is C30H30ClF6N5O4. The van der Waals surface area contributed by atoms with Crippen molar-refractivity contribution in [3.8, 4) is 17.2 Å². The van der Waals surface area contributed by atoms with E-state index in [2.05, 4.69) is 15.7 Å². The molecule has 248 valence electrons. The van der Waals surface area contributed by atoms with Crippen LogP contribution < -0.4 is 10.6 Å². The number of fused-ring (bicyclic) bond motifs is 3. The summed E-state index contributed by atoms with van der Waals surface area (Å²) in [5.41, 5.74) is 2.58. The summed E-state index contributed by atoms with van der Waals surface area (Å²) >= 11 is 5.68. The first-order valence-electron chi connectivity index (χ1n) is 13.8. The Morgan fingerprint density at radius 1 is 1.07 bits per heavy atom. The zero-order chi connectivity index (χ0) is 34.4. The third kappa shape index (κ3) is 9.37. The minimum absolute atomic E-state index is 0.0810. The lowest BCUT2D eigenvalue weighted by molar-refractivity contribution is -0.192. The molecule has 0 radical (unpaired) electrons. The van der Waals surface area contributed by atoms with Crippen molar-refractivity contribution in [3.63, 3.8) is 0 Å². The number of nitrogens with one attached hydrogen (secondary N) is 2. The molecule has 2 aromatic carbocycles. The monoisotopic (exact) mass is 673 g/mol. The molecule has 2 heterocycles. The van der Waals surface area contributed by atoms with Gasteiger partial charge in [-0.3, -0.25) is 14.8 Å². The molecule has 1 amide bonds. The molecule has 4 aromatic rings. The lowest BCUT2D eigenvalue weighted by atomic mass is 9.98. The molecule has 0 aliphatic carbocycles. The highest BCUT2D eigenvalue weighted by molar-refractivity contribution is 6.17. The average molecular weight is 674 g/mol. The van der Waals surface area contributed by atoms with E-state index in [0.717, 1.165) is 16.5 Å². The second-order valence-electron chi connectivity index (χ2n) is 10.8. The Morgan fingerprint density at radius 2 is 1.74 bits per heavy atom. The number of aryl methyl sites for hydroxylation is 1. The number of hydrogen-bond donors (Lipinski definition) is 3. The fourth-order valence-electron chi connectivity index (χ4n) is 4.58.